The van der Waals surface area contributed by atoms with Crippen LogP contribution >= 0.6 is 0 Å². The summed E-state index contributed by atoms with van der Waals surface area (Å²) in [6, 6.07) is 8.70. The zero-order valence-corrected chi connectivity index (χ0v) is 12.3. The van der Waals surface area contributed by atoms with Gasteiger partial charge in [0.05, 0.1) is 5.69 Å². The number of nitrogens with one attached hydrogen (secondary N) is 1. The van der Waals surface area contributed by atoms with Crippen molar-refractivity contribution in [1.29, 1.82) is 0 Å². The minimum Gasteiger partial charge on any atom is -0.316 e. The molecule has 0 bridgehead atoms. The Morgan fingerprint density at radius 2 is 2.05 bits per heavy atom. The molecule has 19 heavy (non-hydrogen) atoms. The maximum Gasteiger partial charge on any atom is 0.0674 e. The third kappa shape index (κ3) is 2.87. The highest BCUT2D eigenvalue weighted by atomic mass is 15.3. The van der Waals surface area contributed by atoms with Gasteiger partial charge in [0, 0.05) is 24.3 Å². The molecule has 0 aliphatic carbocycles. The number of nitrogens with zero attached hydrogens (tertiary/aromatic N) is 2. The van der Waals surface area contributed by atoms with Crippen molar-refractivity contribution in [3.63, 3.8) is 0 Å². The fourth-order valence-corrected chi connectivity index (χ4v) is 2.59. The zero-order valence-electron chi connectivity index (χ0n) is 12.3. The summed E-state index contributed by atoms with van der Waals surface area (Å²) in [5, 5.41) is 7.85. The SMILES string of the molecule is CCCn1nc(C)c(-c2cccc(CNC)c2)c1C. The summed E-state index contributed by atoms with van der Waals surface area (Å²) >= 11 is 0. The Balaban J connectivity index is 2.43. The Morgan fingerprint density at radius 3 is 2.74 bits per heavy atom. The van der Waals surface area contributed by atoms with Gasteiger partial charge in [0.25, 0.3) is 0 Å². The van der Waals surface area contributed by atoms with Crippen LogP contribution in [0.4, 0.5) is 0 Å². The Labute approximate surface area is 115 Å². The van der Waals surface area contributed by atoms with Crippen LogP contribution in [0.15, 0.2) is 24.3 Å². The third-order valence-corrected chi connectivity index (χ3v) is 3.41. The molecule has 0 aliphatic rings. The Bertz CT molecular complexity index is 555. The lowest BCUT2D eigenvalue weighted by molar-refractivity contribution is 0.583. The summed E-state index contributed by atoms with van der Waals surface area (Å²) in [6.07, 6.45) is 1.11. The smallest absolute Gasteiger partial charge is 0.0674 e. The average molecular weight is 257 g/mol. The first-order chi connectivity index (χ1) is 9.17. The number of hydrogen-bond donors (Lipinski definition) is 1. The molecule has 0 fully saturated rings. The van der Waals surface area contributed by atoms with Crippen molar-refractivity contribution in [3.05, 3.63) is 41.2 Å². The summed E-state index contributed by atoms with van der Waals surface area (Å²) in [5.41, 5.74) is 6.24. The van der Waals surface area contributed by atoms with E-state index in [0.717, 1.165) is 25.2 Å². The predicted octanol–water partition coefficient (Wildman–Crippen LogP) is 3.30. The highest BCUT2D eigenvalue weighted by Crippen LogP contribution is 2.27. The van der Waals surface area contributed by atoms with Gasteiger partial charge in [-0.1, -0.05) is 25.1 Å². The largest absolute Gasteiger partial charge is 0.316 e. The van der Waals surface area contributed by atoms with Crippen molar-refractivity contribution in [2.45, 2.75) is 40.3 Å². The van der Waals surface area contributed by atoms with Gasteiger partial charge in [-0.05, 0) is 44.5 Å². The van der Waals surface area contributed by atoms with Crippen molar-refractivity contribution < 1.29 is 0 Å². The second kappa shape index (κ2) is 6.02. The molecule has 0 aliphatic heterocycles. The molecule has 1 heterocycles. The molecule has 3 heteroatoms. The summed E-state index contributed by atoms with van der Waals surface area (Å²) in [6.45, 7) is 8.33. The van der Waals surface area contributed by atoms with Crippen LogP contribution in [0.25, 0.3) is 11.1 Å². The Hall–Kier alpha value is -1.61. The average Bonchev–Trinajstić information content (AvgIpc) is 2.66. The summed E-state index contributed by atoms with van der Waals surface area (Å²) < 4.78 is 2.12. The highest BCUT2D eigenvalue weighted by Gasteiger charge is 2.13. The topological polar surface area (TPSA) is 29.9 Å². The fraction of sp³-hybridized carbons (Fsp3) is 0.438. The molecule has 0 unspecified atom stereocenters. The molecule has 1 N–H and O–H groups in total. The maximum atomic E-state index is 4.65. The van der Waals surface area contributed by atoms with E-state index in [0.29, 0.717) is 0 Å². The van der Waals surface area contributed by atoms with Crippen molar-refractivity contribution in [2.75, 3.05) is 7.05 Å². The van der Waals surface area contributed by atoms with E-state index in [1.54, 1.807) is 0 Å². The van der Waals surface area contributed by atoms with Crippen molar-refractivity contribution in [2.24, 2.45) is 0 Å². The van der Waals surface area contributed by atoms with Crippen molar-refractivity contribution in [3.8, 4) is 11.1 Å². The second-order valence-electron chi connectivity index (χ2n) is 5.00. The fourth-order valence-electron chi connectivity index (χ4n) is 2.59. The first-order valence-electron chi connectivity index (χ1n) is 6.95. The molecule has 1 aromatic carbocycles. The van der Waals surface area contributed by atoms with E-state index in [4.69, 9.17) is 0 Å². The number of aryl methyl sites for hydroxylation is 2. The van der Waals surface area contributed by atoms with Crippen molar-refractivity contribution in [1.82, 2.24) is 15.1 Å². The van der Waals surface area contributed by atoms with E-state index in [-0.39, 0.29) is 0 Å². The molecular weight excluding hydrogens is 234 g/mol. The molecule has 0 spiro atoms. The second-order valence-corrected chi connectivity index (χ2v) is 5.00. The van der Waals surface area contributed by atoms with Gasteiger partial charge >= 0.3 is 0 Å². The summed E-state index contributed by atoms with van der Waals surface area (Å²) in [4.78, 5) is 0. The molecule has 3 nitrogen and oxygen atoms in total. The van der Waals surface area contributed by atoms with Crippen LogP contribution in [0.5, 0.6) is 0 Å². The predicted molar refractivity (Wildman–Crippen MR) is 80.2 cm³/mol. The first kappa shape index (κ1) is 13.8. The lowest BCUT2D eigenvalue weighted by Gasteiger charge is -2.07. The van der Waals surface area contributed by atoms with E-state index in [2.05, 4.69) is 60.1 Å². The molecule has 0 saturated carbocycles. The van der Waals surface area contributed by atoms with Crippen LogP contribution in [0.2, 0.25) is 0 Å². The minimum absolute atomic E-state index is 0.898. The molecule has 1 aromatic heterocycles. The molecular formula is C16H23N3. The third-order valence-electron chi connectivity index (χ3n) is 3.41. The number of benzene rings is 1. The van der Waals surface area contributed by atoms with Gasteiger partial charge in [0.2, 0.25) is 0 Å². The van der Waals surface area contributed by atoms with Gasteiger partial charge in [-0.25, -0.2) is 0 Å². The van der Waals surface area contributed by atoms with Gasteiger partial charge in [-0.2, -0.15) is 5.10 Å². The van der Waals surface area contributed by atoms with E-state index >= 15 is 0 Å². The lowest BCUT2D eigenvalue weighted by Crippen LogP contribution is -2.04. The van der Waals surface area contributed by atoms with E-state index in [1.165, 1.54) is 22.4 Å². The number of hydrogen-bond acceptors (Lipinski definition) is 2. The highest BCUT2D eigenvalue weighted by molar-refractivity contribution is 5.69. The van der Waals surface area contributed by atoms with Crippen LogP contribution in [0.1, 0.15) is 30.3 Å². The maximum absolute atomic E-state index is 4.65. The lowest BCUT2D eigenvalue weighted by atomic mass is 10.0. The van der Waals surface area contributed by atoms with E-state index in [9.17, 15) is 0 Å². The number of aromatic nitrogens is 2. The molecule has 0 amide bonds. The van der Waals surface area contributed by atoms with E-state index < -0.39 is 0 Å². The van der Waals surface area contributed by atoms with Crippen LogP contribution < -0.4 is 5.32 Å². The van der Waals surface area contributed by atoms with Gasteiger partial charge in [0.1, 0.15) is 0 Å². The summed E-state index contributed by atoms with van der Waals surface area (Å²) in [5.74, 6) is 0. The molecule has 102 valence electrons. The quantitative estimate of drug-likeness (QED) is 0.890. The van der Waals surface area contributed by atoms with Crippen LogP contribution in [-0.2, 0) is 13.1 Å². The Morgan fingerprint density at radius 1 is 1.26 bits per heavy atom. The molecule has 2 aromatic rings. The van der Waals surface area contributed by atoms with Gasteiger partial charge in [-0.3, -0.25) is 4.68 Å². The Kier molecular flexibility index (Phi) is 4.38. The molecule has 0 radical (unpaired) electrons. The van der Waals surface area contributed by atoms with Crippen LogP contribution in [0.3, 0.4) is 0 Å². The van der Waals surface area contributed by atoms with Gasteiger partial charge in [0.15, 0.2) is 0 Å². The normalized spacial score (nSPS) is 10.9. The van der Waals surface area contributed by atoms with Crippen LogP contribution in [0, 0.1) is 13.8 Å². The van der Waals surface area contributed by atoms with Crippen LogP contribution in [-0.4, -0.2) is 16.8 Å². The standard InChI is InChI=1S/C16H23N3/c1-5-9-19-13(3)16(12(2)18-19)15-8-6-7-14(10-15)11-17-4/h6-8,10,17H,5,9,11H2,1-4H3. The van der Waals surface area contributed by atoms with E-state index in [1.807, 2.05) is 7.05 Å². The monoisotopic (exact) mass is 257 g/mol. The number of rotatable bonds is 5. The van der Waals surface area contributed by atoms with Gasteiger partial charge in [-0.15, -0.1) is 0 Å². The van der Waals surface area contributed by atoms with Crippen molar-refractivity contribution >= 4 is 0 Å². The zero-order chi connectivity index (χ0) is 13.8. The molecule has 2 rings (SSSR count). The summed E-state index contributed by atoms with van der Waals surface area (Å²) in [7, 11) is 1.97. The van der Waals surface area contributed by atoms with Gasteiger partial charge < -0.3 is 5.32 Å². The molecule has 0 atom stereocenters. The molecule has 0 saturated heterocycles. The minimum atomic E-state index is 0.898. The first-order valence-corrected chi connectivity index (χ1v) is 6.95.